The van der Waals surface area contributed by atoms with Crippen molar-refractivity contribution in [3.8, 4) is 0 Å². The molecular weight excluding hydrogens is 262 g/mol. The van der Waals surface area contributed by atoms with Crippen molar-refractivity contribution in [2.24, 2.45) is 5.73 Å². The van der Waals surface area contributed by atoms with Crippen LogP contribution in [0.15, 0.2) is 29.1 Å². The van der Waals surface area contributed by atoms with Crippen LogP contribution in [0, 0.1) is 0 Å². The van der Waals surface area contributed by atoms with E-state index in [0.29, 0.717) is 10.9 Å². The van der Waals surface area contributed by atoms with Crippen molar-refractivity contribution < 1.29 is 14.7 Å². The van der Waals surface area contributed by atoms with Gasteiger partial charge in [0.1, 0.15) is 12.4 Å². The van der Waals surface area contributed by atoms with Crippen molar-refractivity contribution >= 4 is 22.8 Å². The third kappa shape index (κ3) is 2.82. The Morgan fingerprint density at radius 3 is 2.65 bits per heavy atom. The highest BCUT2D eigenvalue weighted by molar-refractivity contribution is 5.78. The maximum atomic E-state index is 12.3. The summed E-state index contributed by atoms with van der Waals surface area (Å²) in [7, 11) is 0. The van der Waals surface area contributed by atoms with E-state index in [1.807, 2.05) is 0 Å². The molecule has 0 radical (unpaired) electrons. The molecule has 7 heteroatoms. The molecule has 1 heterocycles. The lowest BCUT2D eigenvalue weighted by molar-refractivity contribution is -0.137. The topological polar surface area (TPSA) is 115 Å². The molecule has 0 saturated carbocycles. The summed E-state index contributed by atoms with van der Waals surface area (Å²) in [5.74, 6) is -1.44. The Kier molecular flexibility index (Phi) is 3.79. The fraction of sp³-hybridized carbons (Fsp3) is 0.231. The van der Waals surface area contributed by atoms with Crippen LogP contribution in [0.2, 0.25) is 0 Å². The number of carbonyl (C=O) groups excluding carboxylic acids is 1. The fourth-order valence-corrected chi connectivity index (χ4v) is 1.94. The van der Waals surface area contributed by atoms with Gasteiger partial charge in [-0.2, -0.15) is 0 Å². The van der Waals surface area contributed by atoms with Crippen LogP contribution in [0.5, 0.6) is 0 Å². The first-order chi connectivity index (χ1) is 9.49. The van der Waals surface area contributed by atoms with Crippen LogP contribution in [-0.4, -0.2) is 26.5 Å². The second-order valence-electron chi connectivity index (χ2n) is 4.30. The number of amides is 1. The molecule has 1 aromatic carbocycles. The molecule has 3 N–H and O–H groups in total. The van der Waals surface area contributed by atoms with Crippen LogP contribution >= 0.6 is 0 Å². The van der Waals surface area contributed by atoms with E-state index < -0.39 is 17.4 Å². The van der Waals surface area contributed by atoms with Gasteiger partial charge in [-0.1, -0.05) is 12.1 Å². The number of aromatic nitrogens is 2. The van der Waals surface area contributed by atoms with Crippen LogP contribution in [-0.2, 0) is 22.6 Å². The van der Waals surface area contributed by atoms with E-state index in [1.54, 1.807) is 24.3 Å². The summed E-state index contributed by atoms with van der Waals surface area (Å²) in [4.78, 5) is 38.3. The maximum absolute atomic E-state index is 12.3. The van der Waals surface area contributed by atoms with E-state index >= 15 is 0 Å². The highest BCUT2D eigenvalue weighted by Gasteiger charge is 2.13. The van der Waals surface area contributed by atoms with Crippen molar-refractivity contribution in [3.63, 3.8) is 0 Å². The van der Waals surface area contributed by atoms with Gasteiger partial charge in [0.05, 0.1) is 17.3 Å². The summed E-state index contributed by atoms with van der Waals surface area (Å²) < 4.78 is 1.13. The van der Waals surface area contributed by atoms with Gasteiger partial charge in [-0.3, -0.25) is 19.0 Å². The second kappa shape index (κ2) is 5.52. The zero-order chi connectivity index (χ0) is 14.7. The van der Waals surface area contributed by atoms with E-state index in [4.69, 9.17) is 10.8 Å². The first-order valence-corrected chi connectivity index (χ1v) is 5.97. The van der Waals surface area contributed by atoms with Crippen LogP contribution in [0.25, 0.3) is 10.9 Å². The number of carbonyl (C=O) groups is 2. The molecule has 7 nitrogen and oxygen atoms in total. The number of aryl methyl sites for hydroxylation is 1. The number of carboxylic acid groups (broad SMARTS) is 1. The molecule has 0 fully saturated rings. The maximum Gasteiger partial charge on any atom is 0.303 e. The van der Waals surface area contributed by atoms with Gasteiger partial charge in [0.15, 0.2) is 0 Å². The van der Waals surface area contributed by atoms with Gasteiger partial charge < -0.3 is 10.8 Å². The van der Waals surface area contributed by atoms with Gasteiger partial charge in [-0.25, -0.2) is 4.98 Å². The number of para-hydroxylation sites is 1. The zero-order valence-corrected chi connectivity index (χ0v) is 10.6. The summed E-state index contributed by atoms with van der Waals surface area (Å²) >= 11 is 0. The number of hydrogen-bond donors (Lipinski definition) is 2. The summed E-state index contributed by atoms with van der Waals surface area (Å²) in [6.45, 7) is -0.314. The fourth-order valence-electron chi connectivity index (χ4n) is 1.94. The van der Waals surface area contributed by atoms with E-state index in [2.05, 4.69) is 4.98 Å². The summed E-state index contributed by atoms with van der Waals surface area (Å²) in [6.07, 6.45) is -0.119. The van der Waals surface area contributed by atoms with Crippen LogP contribution < -0.4 is 11.3 Å². The molecule has 0 spiro atoms. The Hall–Kier alpha value is -2.70. The van der Waals surface area contributed by atoms with Gasteiger partial charge in [-0.05, 0) is 12.1 Å². The van der Waals surface area contributed by atoms with Gasteiger partial charge >= 0.3 is 5.97 Å². The average Bonchev–Trinajstić information content (AvgIpc) is 2.39. The molecule has 2 rings (SSSR count). The Morgan fingerprint density at radius 2 is 2.00 bits per heavy atom. The molecule has 0 bridgehead atoms. The summed E-state index contributed by atoms with van der Waals surface area (Å²) in [5, 5.41) is 9.09. The largest absolute Gasteiger partial charge is 0.481 e. The van der Waals surface area contributed by atoms with Crippen molar-refractivity contribution in [2.75, 3.05) is 0 Å². The number of nitrogens with zero attached hydrogens (tertiary/aromatic N) is 2. The number of carboxylic acids is 1. The number of fused-ring (bicyclic) bond motifs is 1. The van der Waals surface area contributed by atoms with Gasteiger partial charge in [0, 0.05) is 6.42 Å². The van der Waals surface area contributed by atoms with Crippen LogP contribution in [0.1, 0.15) is 12.2 Å². The van der Waals surface area contributed by atoms with Crippen molar-refractivity contribution in [2.45, 2.75) is 19.4 Å². The Balaban J connectivity index is 2.59. The SMILES string of the molecule is NC(=O)Cn1c(CCC(=O)O)nc2ccccc2c1=O. The molecule has 0 atom stereocenters. The minimum atomic E-state index is -1.00. The predicted octanol–water partition coefficient (Wildman–Crippen LogP) is -0.101. The van der Waals surface area contributed by atoms with Gasteiger partial charge in [-0.15, -0.1) is 0 Å². The average molecular weight is 275 g/mol. The molecule has 0 aliphatic carbocycles. The van der Waals surface area contributed by atoms with Crippen molar-refractivity contribution in [3.05, 3.63) is 40.4 Å². The van der Waals surface area contributed by atoms with E-state index in [9.17, 15) is 14.4 Å². The summed E-state index contributed by atoms with van der Waals surface area (Å²) in [6, 6.07) is 6.68. The molecule has 0 aliphatic rings. The molecule has 0 aliphatic heterocycles. The van der Waals surface area contributed by atoms with E-state index in [0.717, 1.165) is 4.57 Å². The second-order valence-corrected chi connectivity index (χ2v) is 4.30. The summed E-state index contributed by atoms with van der Waals surface area (Å²) in [5.41, 5.74) is 5.20. The number of hydrogen-bond acceptors (Lipinski definition) is 4. The third-order valence-electron chi connectivity index (χ3n) is 2.82. The minimum absolute atomic E-state index is 0.0582. The normalized spacial score (nSPS) is 10.6. The first-order valence-electron chi connectivity index (χ1n) is 5.97. The molecule has 104 valence electrons. The monoisotopic (exact) mass is 275 g/mol. The highest BCUT2D eigenvalue weighted by Crippen LogP contribution is 2.09. The quantitative estimate of drug-likeness (QED) is 0.790. The Bertz CT molecular complexity index is 736. The highest BCUT2D eigenvalue weighted by atomic mass is 16.4. The molecule has 0 saturated heterocycles. The molecule has 2 aromatic rings. The molecule has 1 aromatic heterocycles. The lowest BCUT2D eigenvalue weighted by Crippen LogP contribution is -2.31. The van der Waals surface area contributed by atoms with Crippen molar-refractivity contribution in [1.82, 2.24) is 9.55 Å². The zero-order valence-electron chi connectivity index (χ0n) is 10.6. The van der Waals surface area contributed by atoms with E-state index in [1.165, 1.54) is 0 Å². The van der Waals surface area contributed by atoms with Crippen molar-refractivity contribution in [1.29, 1.82) is 0 Å². The van der Waals surface area contributed by atoms with E-state index in [-0.39, 0.29) is 25.2 Å². The lowest BCUT2D eigenvalue weighted by Gasteiger charge is -2.11. The Labute approximate surface area is 113 Å². The van der Waals surface area contributed by atoms with Gasteiger partial charge in [0.2, 0.25) is 5.91 Å². The number of benzene rings is 1. The smallest absolute Gasteiger partial charge is 0.303 e. The first kappa shape index (κ1) is 13.7. The molecular formula is C13H13N3O4. The standard InChI is InChI=1S/C13H13N3O4/c14-10(17)7-16-11(5-6-12(18)19)15-9-4-2-1-3-8(9)13(16)20/h1-4H,5-7H2,(H2,14,17)(H,18,19). The number of nitrogens with two attached hydrogens (primary N) is 1. The third-order valence-corrected chi connectivity index (χ3v) is 2.82. The van der Waals surface area contributed by atoms with Crippen LogP contribution in [0.4, 0.5) is 0 Å². The number of primary amides is 1. The Morgan fingerprint density at radius 1 is 1.30 bits per heavy atom. The number of aliphatic carboxylic acids is 1. The lowest BCUT2D eigenvalue weighted by atomic mass is 10.2. The molecule has 1 amide bonds. The van der Waals surface area contributed by atoms with Crippen LogP contribution in [0.3, 0.4) is 0 Å². The predicted molar refractivity (Wildman–Crippen MR) is 71.2 cm³/mol. The minimum Gasteiger partial charge on any atom is -0.481 e. The molecule has 0 unspecified atom stereocenters. The van der Waals surface area contributed by atoms with Gasteiger partial charge in [0.25, 0.3) is 5.56 Å². The number of rotatable bonds is 5. The molecule has 20 heavy (non-hydrogen) atoms.